The normalized spacial score (nSPS) is 36.4. The van der Waals surface area contributed by atoms with E-state index in [1.54, 1.807) is 6.92 Å². The van der Waals surface area contributed by atoms with Crippen molar-refractivity contribution in [1.29, 1.82) is 0 Å². The third-order valence-corrected chi connectivity index (χ3v) is 3.89. The van der Waals surface area contributed by atoms with Gasteiger partial charge < -0.3 is 4.90 Å². The van der Waals surface area contributed by atoms with Crippen LogP contribution in [-0.4, -0.2) is 23.4 Å². The van der Waals surface area contributed by atoms with Gasteiger partial charge >= 0.3 is 0 Å². The molecular weight excluding hydrogens is 162 g/mol. The SMILES string of the molecule is CC(=O)N1CCC2CCC(C)(C)C21. The van der Waals surface area contributed by atoms with Crippen molar-refractivity contribution in [3.63, 3.8) is 0 Å². The molecule has 1 heterocycles. The number of hydrogen-bond acceptors (Lipinski definition) is 1. The minimum atomic E-state index is 0.266. The molecule has 2 aliphatic rings. The van der Waals surface area contributed by atoms with E-state index in [-0.39, 0.29) is 5.91 Å². The molecule has 2 unspecified atom stereocenters. The predicted octanol–water partition coefficient (Wildman–Crippen LogP) is 2.04. The Hall–Kier alpha value is -0.530. The third kappa shape index (κ3) is 1.27. The maximum atomic E-state index is 11.4. The van der Waals surface area contributed by atoms with Crippen LogP contribution in [-0.2, 0) is 4.79 Å². The molecule has 1 saturated carbocycles. The molecule has 74 valence electrons. The van der Waals surface area contributed by atoms with Crippen molar-refractivity contribution < 1.29 is 4.79 Å². The van der Waals surface area contributed by atoms with Crippen molar-refractivity contribution in [1.82, 2.24) is 4.90 Å². The minimum absolute atomic E-state index is 0.266. The van der Waals surface area contributed by atoms with Crippen molar-refractivity contribution in [2.75, 3.05) is 6.54 Å². The third-order valence-electron chi connectivity index (χ3n) is 3.89. The van der Waals surface area contributed by atoms with E-state index >= 15 is 0 Å². The maximum Gasteiger partial charge on any atom is 0.219 e. The molecule has 2 rings (SSSR count). The molecule has 0 aromatic rings. The summed E-state index contributed by atoms with van der Waals surface area (Å²) in [6, 6.07) is 0.532. The van der Waals surface area contributed by atoms with Crippen LogP contribution >= 0.6 is 0 Å². The molecule has 2 fully saturated rings. The van der Waals surface area contributed by atoms with Gasteiger partial charge in [-0.25, -0.2) is 0 Å². The largest absolute Gasteiger partial charge is 0.339 e. The highest BCUT2D eigenvalue weighted by atomic mass is 16.2. The molecule has 0 aromatic carbocycles. The molecular formula is C11H19NO. The van der Waals surface area contributed by atoms with Crippen LogP contribution in [0.3, 0.4) is 0 Å². The van der Waals surface area contributed by atoms with Crippen LogP contribution < -0.4 is 0 Å². The summed E-state index contributed by atoms with van der Waals surface area (Å²) < 4.78 is 0. The van der Waals surface area contributed by atoms with E-state index < -0.39 is 0 Å². The Morgan fingerprint density at radius 2 is 2.08 bits per heavy atom. The smallest absolute Gasteiger partial charge is 0.219 e. The number of fused-ring (bicyclic) bond motifs is 1. The van der Waals surface area contributed by atoms with Gasteiger partial charge in [0.25, 0.3) is 0 Å². The van der Waals surface area contributed by atoms with Crippen LogP contribution in [0.1, 0.15) is 40.0 Å². The first-order valence-electron chi connectivity index (χ1n) is 5.29. The highest BCUT2D eigenvalue weighted by molar-refractivity contribution is 5.74. The summed E-state index contributed by atoms with van der Waals surface area (Å²) in [6.07, 6.45) is 3.83. The van der Waals surface area contributed by atoms with Crippen LogP contribution in [0.4, 0.5) is 0 Å². The van der Waals surface area contributed by atoms with Gasteiger partial charge in [-0.05, 0) is 30.6 Å². The lowest BCUT2D eigenvalue weighted by molar-refractivity contribution is -0.131. The fraction of sp³-hybridized carbons (Fsp3) is 0.909. The summed E-state index contributed by atoms with van der Waals surface area (Å²) >= 11 is 0. The van der Waals surface area contributed by atoms with E-state index in [2.05, 4.69) is 18.7 Å². The Labute approximate surface area is 80.3 Å². The molecule has 1 aliphatic carbocycles. The van der Waals surface area contributed by atoms with E-state index in [1.807, 2.05) is 0 Å². The standard InChI is InChI=1S/C11H19NO/c1-8(13)12-7-5-9-4-6-11(2,3)10(9)12/h9-10H,4-7H2,1-3H3. The first-order valence-corrected chi connectivity index (χ1v) is 5.29. The number of rotatable bonds is 0. The summed E-state index contributed by atoms with van der Waals surface area (Å²) in [4.78, 5) is 13.5. The Balaban J connectivity index is 2.23. The van der Waals surface area contributed by atoms with E-state index in [4.69, 9.17) is 0 Å². The van der Waals surface area contributed by atoms with E-state index in [0.29, 0.717) is 11.5 Å². The lowest BCUT2D eigenvalue weighted by Crippen LogP contribution is -2.42. The molecule has 0 spiro atoms. The number of carbonyl (C=O) groups is 1. The quantitative estimate of drug-likeness (QED) is 0.560. The van der Waals surface area contributed by atoms with Crippen molar-refractivity contribution in [3.05, 3.63) is 0 Å². The van der Waals surface area contributed by atoms with Gasteiger partial charge in [0, 0.05) is 19.5 Å². The zero-order valence-corrected chi connectivity index (χ0v) is 8.84. The van der Waals surface area contributed by atoms with Gasteiger partial charge in [-0.1, -0.05) is 13.8 Å². The monoisotopic (exact) mass is 181 g/mol. The zero-order valence-electron chi connectivity index (χ0n) is 8.84. The number of nitrogens with zero attached hydrogens (tertiary/aromatic N) is 1. The highest BCUT2D eigenvalue weighted by Gasteiger charge is 2.49. The van der Waals surface area contributed by atoms with Crippen LogP contribution in [0.15, 0.2) is 0 Å². The molecule has 0 radical (unpaired) electrons. The van der Waals surface area contributed by atoms with E-state index in [0.717, 1.165) is 12.5 Å². The molecule has 2 nitrogen and oxygen atoms in total. The van der Waals surface area contributed by atoms with Gasteiger partial charge in [0.15, 0.2) is 0 Å². The number of hydrogen-bond donors (Lipinski definition) is 0. The van der Waals surface area contributed by atoms with Crippen molar-refractivity contribution in [2.45, 2.75) is 46.1 Å². The number of amides is 1. The maximum absolute atomic E-state index is 11.4. The van der Waals surface area contributed by atoms with Gasteiger partial charge in [-0.15, -0.1) is 0 Å². The Morgan fingerprint density at radius 1 is 1.38 bits per heavy atom. The number of likely N-dealkylation sites (tertiary alicyclic amines) is 1. The second kappa shape index (κ2) is 2.73. The summed E-state index contributed by atoms with van der Waals surface area (Å²) in [5, 5.41) is 0. The van der Waals surface area contributed by atoms with Crippen molar-refractivity contribution in [2.24, 2.45) is 11.3 Å². The van der Waals surface area contributed by atoms with Crippen LogP contribution in [0.25, 0.3) is 0 Å². The Kier molecular flexibility index (Phi) is 1.90. The molecule has 1 amide bonds. The average molecular weight is 181 g/mol. The Morgan fingerprint density at radius 3 is 2.69 bits per heavy atom. The van der Waals surface area contributed by atoms with Crippen molar-refractivity contribution >= 4 is 5.91 Å². The van der Waals surface area contributed by atoms with Crippen LogP contribution in [0.5, 0.6) is 0 Å². The summed E-state index contributed by atoms with van der Waals surface area (Å²) in [7, 11) is 0. The topological polar surface area (TPSA) is 20.3 Å². The fourth-order valence-electron chi connectivity index (χ4n) is 3.28. The second-order valence-electron chi connectivity index (χ2n) is 5.23. The van der Waals surface area contributed by atoms with Crippen LogP contribution in [0, 0.1) is 11.3 Å². The van der Waals surface area contributed by atoms with Gasteiger partial charge in [0.2, 0.25) is 5.91 Å². The first kappa shape index (κ1) is 9.04. The summed E-state index contributed by atoms with van der Waals surface area (Å²) in [6.45, 7) is 7.31. The van der Waals surface area contributed by atoms with Gasteiger partial charge in [-0.3, -0.25) is 4.79 Å². The molecule has 0 aromatic heterocycles. The average Bonchev–Trinajstić information content (AvgIpc) is 2.53. The molecule has 0 bridgehead atoms. The summed E-state index contributed by atoms with van der Waals surface area (Å²) in [5.74, 6) is 1.06. The minimum Gasteiger partial charge on any atom is -0.339 e. The van der Waals surface area contributed by atoms with Gasteiger partial charge in [0.1, 0.15) is 0 Å². The molecule has 0 N–H and O–H groups in total. The van der Waals surface area contributed by atoms with E-state index in [9.17, 15) is 4.79 Å². The van der Waals surface area contributed by atoms with Crippen molar-refractivity contribution in [3.8, 4) is 0 Å². The molecule has 2 heteroatoms. The van der Waals surface area contributed by atoms with Crippen LogP contribution in [0.2, 0.25) is 0 Å². The first-order chi connectivity index (χ1) is 6.02. The molecule has 2 atom stereocenters. The summed E-state index contributed by atoms with van der Waals surface area (Å²) in [5.41, 5.74) is 0.354. The lowest BCUT2D eigenvalue weighted by atomic mass is 9.85. The number of carbonyl (C=O) groups excluding carboxylic acids is 1. The highest BCUT2D eigenvalue weighted by Crippen LogP contribution is 2.48. The van der Waals surface area contributed by atoms with Gasteiger partial charge in [0.05, 0.1) is 0 Å². The predicted molar refractivity (Wildman–Crippen MR) is 52.3 cm³/mol. The zero-order chi connectivity index (χ0) is 9.64. The Bertz CT molecular complexity index is 234. The molecule has 1 aliphatic heterocycles. The fourth-order valence-corrected chi connectivity index (χ4v) is 3.28. The van der Waals surface area contributed by atoms with E-state index in [1.165, 1.54) is 19.3 Å². The van der Waals surface area contributed by atoms with Gasteiger partial charge in [-0.2, -0.15) is 0 Å². The lowest BCUT2D eigenvalue weighted by Gasteiger charge is -2.34. The molecule has 1 saturated heterocycles. The molecule has 13 heavy (non-hydrogen) atoms. The second-order valence-corrected chi connectivity index (χ2v) is 5.23.